The van der Waals surface area contributed by atoms with Crippen molar-refractivity contribution in [1.29, 1.82) is 0 Å². The molecule has 1 heterocycles. The Morgan fingerprint density at radius 3 is 2.53 bits per heavy atom. The van der Waals surface area contributed by atoms with Gasteiger partial charge in [-0.1, -0.05) is 18.2 Å². The van der Waals surface area contributed by atoms with Gasteiger partial charge in [0.05, 0.1) is 19.3 Å². The van der Waals surface area contributed by atoms with Crippen LogP contribution in [0.2, 0.25) is 0 Å². The summed E-state index contributed by atoms with van der Waals surface area (Å²) in [4.78, 5) is 11.7. The van der Waals surface area contributed by atoms with Crippen LogP contribution in [0.4, 0.5) is 0 Å². The van der Waals surface area contributed by atoms with Crippen molar-refractivity contribution in [1.82, 2.24) is 0 Å². The number of ketones is 1. The molecule has 96 valence electrons. The Bertz CT molecular complexity index is 614. The third-order valence-corrected chi connectivity index (χ3v) is 3.29. The maximum Gasteiger partial charge on any atom is 0.169 e. The maximum absolute atomic E-state index is 11.7. The highest BCUT2D eigenvalue weighted by atomic mass is 16.5. The lowest BCUT2D eigenvalue weighted by molar-refractivity contribution is 0.0933. The van der Waals surface area contributed by atoms with E-state index in [0.29, 0.717) is 24.3 Å². The van der Waals surface area contributed by atoms with Crippen molar-refractivity contribution in [2.45, 2.75) is 6.42 Å². The minimum Gasteiger partial charge on any atom is -0.497 e. The number of rotatable bonds is 2. The number of benzene rings is 2. The molecule has 0 saturated heterocycles. The van der Waals surface area contributed by atoms with E-state index in [1.165, 1.54) is 0 Å². The Hall–Kier alpha value is -2.29. The molecule has 2 aromatic carbocycles. The molecule has 0 unspecified atom stereocenters. The van der Waals surface area contributed by atoms with Crippen molar-refractivity contribution in [3.63, 3.8) is 0 Å². The summed E-state index contributed by atoms with van der Waals surface area (Å²) in [6.45, 7) is 0.470. The molecular formula is C16H14O3. The lowest BCUT2D eigenvalue weighted by Crippen LogP contribution is -2.15. The van der Waals surface area contributed by atoms with Gasteiger partial charge in [0.25, 0.3) is 0 Å². The summed E-state index contributed by atoms with van der Waals surface area (Å²) in [5.74, 6) is 1.67. The minimum atomic E-state index is 0.155. The molecule has 1 aliphatic rings. The topological polar surface area (TPSA) is 35.5 Å². The van der Waals surface area contributed by atoms with E-state index in [9.17, 15) is 4.79 Å². The smallest absolute Gasteiger partial charge is 0.169 e. The molecule has 0 saturated carbocycles. The van der Waals surface area contributed by atoms with E-state index < -0.39 is 0 Å². The average molecular weight is 254 g/mol. The van der Waals surface area contributed by atoms with E-state index >= 15 is 0 Å². The lowest BCUT2D eigenvalue weighted by atomic mass is 9.99. The number of ether oxygens (including phenoxy) is 2. The molecule has 0 radical (unpaired) electrons. The first-order valence-electron chi connectivity index (χ1n) is 6.22. The highest BCUT2D eigenvalue weighted by Gasteiger charge is 2.18. The van der Waals surface area contributed by atoms with Gasteiger partial charge in [-0.3, -0.25) is 4.79 Å². The number of hydrogen-bond donors (Lipinski definition) is 0. The Morgan fingerprint density at radius 2 is 1.79 bits per heavy atom. The number of carbonyl (C=O) groups is 1. The van der Waals surface area contributed by atoms with Crippen molar-refractivity contribution < 1.29 is 14.3 Å². The largest absolute Gasteiger partial charge is 0.497 e. The van der Waals surface area contributed by atoms with Crippen LogP contribution in [0.25, 0.3) is 11.1 Å². The molecule has 19 heavy (non-hydrogen) atoms. The van der Waals surface area contributed by atoms with Gasteiger partial charge < -0.3 is 9.47 Å². The first-order chi connectivity index (χ1) is 9.28. The van der Waals surface area contributed by atoms with Crippen LogP contribution in [0.15, 0.2) is 42.5 Å². The van der Waals surface area contributed by atoms with Crippen LogP contribution in [-0.4, -0.2) is 19.5 Å². The van der Waals surface area contributed by atoms with Crippen LogP contribution < -0.4 is 9.47 Å². The number of fused-ring (bicyclic) bond motifs is 1. The van der Waals surface area contributed by atoms with Crippen LogP contribution in [0.3, 0.4) is 0 Å². The van der Waals surface area contributed by atoms with Gasteiger partial charge in [0, 0.05) is 6.42 Å². The average Bonchev–Trinajstić information content (AvgIpc) is 2.47. The lowest BCUT2D eigenvalue weighted by Gasteiger charge is -2.17. The third kappa shape index (κ3) is 2.19. The predicted molar refractivity (Wildman–Crippen MR) is 72.9 cm³/mol. The van der Waals surface area contributed by atoms with Gasteiger partial charge >= 0.3 is 0 Å². The standard InChI is InChI=1S/C16H14O3/c1-18-13-5-2-11(3-6-13)12-4-7-14-15(17)8-9-19-16(14)10-12/h2-7,10H,8-9H2,1H3. The van der Waals surface area contributed by atoms with E-state index in [1.807, 2.05) is 42.5 Å². The Labute approximate surface area is 111 Å². The van der Waals surface area contributed by atoms with Gasteiger partial charge in [0.1, 0.15) is 11.5 Å². The second-order valence-corrected chi connectivity index (χ2v) is 4.46. The normalized spacial score (nSPS) is 13.6. The Morgan fingerprint density at radius 1 is 1.05 bits per heavy atom. The van der Waals surface area contributed by atoms with Crippen molar-refractivity contribution in [3.05, 3.63) is 48.0 Å². The van der Waals surface area contributed by atoms with E-state index in [0.717, 1.165) is 16.9 Å². The van der Waals surface area contributed by atoms with Crippen LogP contribution in [-0.2, 0) is 0 Å². The predicted octanol–water partition coefficient (Wildman–Crippen LogP) is 3.33. The molecular weight excluding hydrogens is 240 g/mol. The monoisotopic (exact) mass is 254 g/mol. The fraction of sp³-hybridized carbons (Fsp3) is 0.188. The zero-order valence-electron chi connectivity index (χ0n) is 10.7. The van der Waals surface area contributed by atoms with Crippen LogP contribution in [0, 0.1) is 0 Å². The van der Waals surface area contributed by atoms with Crippen LogP contribution >= 0.6 is 0 Å². The summed E-state index contributed by atoms with van der Waals surface area (Å²) in [6.07, 6.45) is 0.467. The van der Waals surface area contributed by atoms with Gasteiger partial charge in [0.2, 0.25) is 0 Å². The molecule has 2 aromatic rings. The Kier molecular flexibility index (Phi) is 2.95. The van der Waals surface area contributed by atoms with Gasteiger partial charge in [-0.05, 0) is 35.4 Å². The first-order valence-corrected chi connectivity index (χ1v) is 6.22. The Balaban J connectivity index is 1.99. The maximum atomic E-state index is 11.7. The van der Waals surface area contributed by atoms with Crippen molar-refractivity contribution in [2.75, 3.05) is 13.7 Å². The molecule has 0 fully saturated rings. The summed E-state index contributed by atoms with van der Waals surface area (Å²) in [7, 11) is 1.65. The first kappa shape index (κ1) is 11.8. The molecule has 1 aliphatic heterocycles. The fourth-order valence-electron chi connectivity index (χ4n) is 2.22. The number of hydrogen-bond acceptors (Lipinski definition) is 3. The highest BCUT2D eigenvalue weighted by molar-refractivity contribution is 6.00. The zero-order valence-corrected chi connectivity index (χ0v) is 10.7. The molecule has 3 rings (SSSR count). The minimum absolute atomic E-state index is 0.155. The molecule has 0 atom stereocenters. The van der Waals surface area contributed by atoms with Crippen molar-refractivity contribution >= 4 is 5.78 Å². The second-order valence-electron chi connectivity index (χ2n) is 4.46. The van der Waals surface area contributed by atoms with Gasteiger partial charge in [-0.25, -0.2) is 0 Å². The molecule has 0 aliphatic carbocycles. The summed E-state index contributed by atoms with van der Waals surface area (Å²) in [6, 6.07) is 13.5. The number of carbonyl (C=O) groups excluding carboxylic acids is 1. The zero-order chi connectivity index (χ0) is 13.2. The summed E-state index contributed by atoms with van der Waals surface area (Å²) >= 11 is 0. The molecule has 3 heteroatoms. The molecule has 0 N–H and O–H groups in total. The quantitative estimate of drug-likeness (QED) is 0.824. The van der Waals surface area contributed by atoms with Gasteiger partial charge in [-0.2, -0.15) is 0 Å². The highest BCUT2D eigenvalue weighted by Crippen LogP contribution is 2.31. The third-order valence-electron chi connectivity index (χ3n) is 3.29. The summed E-state index contributed by atoms with van der Waals surface area (Å²) < 4.78 is 10.7. The fourth-order valence-corrected chi connectivity index (χ4v) is 2.22. The van der Waals surface area contributed by atoms with E-state index in [4.69, 9.17) is 9.47 Å². The van der Waals surface area contributed by atoms with Crippen molar-refractivity contribution in [2.24, 2.45) is 0 Å². The van der Waals surface area contributed by atoms with Crippen molar-refractivity contribution in [3.8, 4) is 22.6 Å². The molecule has 0 amide bonds. The van der Waals surface area contributed by atoms with Crippen LogP contribution in [0.1, 0.15) is 16.8 Å². The van der Waals surface area contributed by atoms with E-state index in [2.05, 4.69) is 0 Å². The van der Waals surface area contributed by atoms with Gasteiger partial charge in [0.15, 0.2) is 5.78 Å². The van der Waals surface area contributed by atoms with E-state index in [-0.39, 0.29) is 5.78 Å². The van der Waals surface area contributed by atoms with E-state index in [1.54, 1.807) is 7.11 Å². The van der Waals surface area contributed by atoms with Crippen LogP contribution in [0.5, 0.6) is 11.5 Å². The SMILES string of the molecule is COc1ccc(-c2ccc3c(c2)OCCC3=O)cc1. The molecule has 0 spiro atoms. The molecule has 0 bridgehead atoms. The number of methoxy groups -OCH3 is 1. The summed E-state index contributed by atoms with van der Waals surface area (Å²) in [5.41, 5.74) is 2.80. The second kappa shape index (κ2) is 4.76. The number of Topliss-reactive ketones (excluding diaryl/α,β-unsaturated/α-hetero) is 1. The summed E-state index contributed by atoms with van der Waals surface area (Å²) in [5, 5.41) is 0. The van der Waals surface area contributed by atoms with Gasteiger partial charge in [-0.15, -0.1) is 0 Å². The molecule has 0 aromatic heterocycles. The molecule has 3 nitrogen and oxygen atoms in total.